The average molecular weight is 400 g/mol. The lowest BCUT2D eigenvalue weighted by molar-refractivity contribution is -0.125. The Morgan fingerprint density at radius 1 is 1.29 bits per heavy atom. The molecule has 28 heavy (non-hydrogen) atoms. The first-order valence-corrected chi connectivity index (χ1v) is 10.1. The summed E-state index contributed by atoms with van der Waals surface area (Å²) in [5.41, 5.74) is 0.651. The SMILES string of the molecule is CCOc1ccc2nc(NC(=O)C3(c4cccc(F)c4)CCOCC3)sc2c1. The van der Waals surface area contributed by atoms with Crippen molar-refractivity contribution < 1.29 is 18.7 Å². The molecule has 1 N–H and O–H groups in total. The average Bonchev–Trinajstić information content (AvgIpc) is 3.10. The number of thiazole rings is 1. The molecule has 1 saturated heterocycles. The van der Waals surface area contributed by atoms with Gasteiger partial charge in [-0.15, -0.1) is 0 Å². The van der Waals surface area contributed by atoms with Crippen LogP contribution in [-0.4, -0.2) is 30.7 Å². The second-order valence-electron chi connectivity index (χ2n) is 6.74. The van der Waals surface area contributed by atoms with Crippen LogP contribution < -0.4 is 10.1 Å². The zero-order chi connectivity index (χ0) is 19.6. The smallest absolute Gasteiger partial charge is 0.236 e. The summed E-state index contributed by atoms with van der Waals surface area (Å²) in [6.07, 6.45) is 1.00. The third kappa shape index (κ3) is 3.59. The van der Waals surface area contributed by atoms with Gasteiger partial charge in [0.2, 0.25) is 5.91 Å². The van der Waals surface area contributed by atoms with Gasteiger partial charge in [0.25, 0.3) is 0 Å². The number of ether oxygens (including phenoxy) is 2. The van der Waals surface area contributed by atoms with E-state index in [2.05, 4.69) is 10.3 Å². The van der Waals surface area contributed by atoms with Crippen molar-refractivity contribution in [2.45, 2.75) is 25.2 Å². The van der Waals surface area contributed by atoms with Crippen molar-refractivity contribution >= 4 is 32.6 Å². The molecule has 0 bridgehead atoms. The van der Waals surface area contributed by atoms with Gasteiger partial charge in [-0.25, -0.2) is 9.37 Å². The molecule has 2 heterocycles. The van der Waals surface area contributed by atoms with Crippen LogP contribution in [0.2, 0.25) is 0 Å². The second-order valence-corrected chi connectivity index (χ2v) is 7.77. The van der Waals surface area contributed by atoms with Crippen LogP contribution in [-0.2, 0) is 14.9 Å². The van der Waals surface area contributed by atoms with Crippen LogP contribution in [0.25, 0.3) is 10.2 Å². The maximum absolute atomic E-state index is 13.8. The van der Waals surface area contributed by atoms with Gasteiger partial charge in [0.15, 0.2) is 5.13 Å². The molecule has 5 nitrogen and oxygen atoms in total. The van der Waals surface area contributed by atoms with E-state index in [1.807, 2.05) is 25.1 Å². The van der Waals surface area contributed by atoms with Crippen LogP contribution in [0.5, 0.6) is 5.75 Å². The Hall–Kier alpha value is -2.51. The largest absolute Gasteiger partial charge is 0.494 e. The van der Waals surface area contributed by atoms with Gasteiger partial charge in [0.05, 0.1) is 22.2 Å². The van der Waals surface area contributed by atoms with Crippen LogP contribution in [0.15, 0.2) is 42.5 Å². The Balaban J connectivity index is 1.63. The Morgan fingerprint density at radius 3 is 2.86 bits per heavy atom. The topological polar surface area (TPSA) is 60.5 Å². The molecule has 1 aromatic heterocycles. The zero-order valence-electron chi connectivity index (χ0n) is 15.5. The maximum atomic E-state index is 13.8. The minimum atomic E-state index is -0.825. The molecule has 0 radical (unpaired) electrons. The summed E-state index contributed by atoms with van der Waals surface area (Å²) < 4.78 is 25.8. The lowest BCUT2D eigenvalue weighted by Gasteiger charge is -2.36. The summed E-state index contributed by atoms with van der Waals surface area (Å²) in [5.74, 6) is 0.252. The number of rotatable bonds is 5. The number of carbonyl (C=O) groups is 1. The molecule has 4 rings (SSSR count). The number of fused-ring (bicyclic) bond motifs is 1. The predicted octanol–water partition coefficient (Wildman–Crippen LogP) is 4.52. The molecule has 7 heteroatoms. The van der Waals surface area contributed by atoms with Crippen molar-refractivity contribution in [2.75, 3.05) is 25.1 Å². The fourth-order valence-corrected chi connectivity index (χ4v) is 4.47. The maximum Gasteiger partial charge on any atom is 0.236 e. The quantitative estimate of drug-likeness (QED) is 0.684. The van der Waals surface area contributed by atoms with Gasteiger partial charge in [-0.2, -0.15) is 0 Å². The lowest BCUT2D eigenvalue weighted by Crippen LogP contribution is -2.44. The van der Waals surface area contributed by atoms with Gasteiger partial charge in [-0.3, -0.25) is 4.79 Å². The van der Waals surface area contributed by atoms with Crippen molar-refractivity contribution in [3.05, 3.63) is 53.8 Å². The van der Waals surface area contributed by atoms with E-state index >= 15 is 0 Å². The van der Waals surface area contributed by atoms with Gasteiger partial charge in [-0.05, 0) is 55.7 Å². The third-order valence-electron chi connectivity index (χ3n) is 5.05. The molecule has 1 fully saturated rings. The number of carbonyl (C=O) groups excluding carboxylic acids is 1. The highest BCUT2D eigenvalue weighted by Crippen LogP contribution is 2.37. The van der Waals surface area contributed by atoms with Crippen LogP contribution in [0.4, 0.5) is 9.52 Å². The number of aromatic nitrogens is 1. The minimum Gasteiger partial charge on any atom is -0.494 e. The summed E-state index contributed by atoms with van der Waals surface area (Å²) in [4.78, 5) is 17.8. The Bertz CT molecular complexity index is 998. The standard InChI is InChI=1S/C21H21FN2O3S/c1-2-27-16-6-7-17-18(13-16)28-20(23-17)24-19(25)21(8-10-26-11-9-21)14-4-3-5-15(22)12-14/h3-7,12-13H,2,8-11H2,1H3,(H,23,24,25). The Kier molecular flexibility index (Phi) is 5.28. The van der Waals surface area contributed by atoms with E-state index in [1.54, 1.807) is 12.1 Å². The number of halogens is 1. The van der Waals surface area contributed by atoms with Crippen LogP contribution >= 0.6 is 11.3 Å². The number of amides is 1. The molecule has 2 aromatic carbocycles. The predicted molar refractivity (Wildman–Crippen MR) is 108 cm³/mol. The number of nitrogens with zero attached hydrogens (tertiary/aromatic N) is 1. The molecule has 0 spiro atoms. The molecule has 146 valence electrons. The highest BCUT2D eigenvalue weighted by Gasteiger charge is 2.42. The Morgan fingerprint density at radius 2 is 2.11 bits per heavy atom. The first-order valence-electron chi connectivity index (χ1n) is 9.29. The van der Waals surface area contributed by atoms with Crippen LogP contribution in [0.1, 0.15) is 25.3 Å². The first kappa shape index (κ1) is 18.8. The summed E-state index contributed by atoms with van der Waals surface area (Å²) in [7, 11) is 0. The van der Waals surface area contributed by atoms with Crippen molar-refractivity contribution in [2.24, 2.45) is 0 Å². The molecular weight excluding hydrogens is 379 g/mol. The van der Waals surface area contributed by atoms with E-state index in [0.29, 0.717) is 43.4 Å². The van der Waals surface area contributed by atoms with Crippen molar-refractivity contribution in [1.82, 2.24) is 4.98 Å². The van der Waals surface area contributed by atoms with Gasteiger partial charge >= 0.3 is 0 Å². The molecule has 1 aliphatic heterocycles. The number of anilines is 1. The van der Waals surface area contributed by atoms with E-state index in [0.717, 1.165) is 16.0 Å². The second kappa shape index (κ2) is 7.85. The number of nitrogens with one attached hydrogen (secondary N) is 1. The summed E-state index contributed by atoms with van der Waals surface area (Å²) in [5, 5.41) is 3.48. The molecule has 0 aliphatic carbocycles. The number of hydrogen-bond acceptors (Lipinski definition) is 5. The third-order valence-corrected chi connectivity index (χ3v) is 5.98. The van der Waals surface area contributed by atoms with Gasteiger partial charge in [-0.1, -0.05) is 23.5 Å². The number of hydrogen-bond donors (Lipinski definition) is 1. The fourth-order valence-electron chi connectivity index (χ4n) is 3.58. The summed E-state index contributed by atoms with van der Waals surface area (Å²) in [6.45, 7) is 3.44. The van der Waals surface area contributed by atoms with E-state index in [4.69, 9.17) is 9.47 Å². The van der Waals surface area contributed by atoms with Crippen molar-refractivity contribution in [1.29, 1.82) is 0 Å². The van der Waals surface area contributed by atoms with Crippen LogP contribution in [0, 0.1) is 5.82 Å². The van der Waals surface area contributed by atoms with E-state index < -0.39 is 5.41 Å². The van der Waals surface area contributed by atoms with Gasteiger partial charge in [0, 0.05) is 13.2 Å². The molecule has 0 saturated carbocycles. The van der Waals surface area contributed by atoms with Crippen LogP contribution in [0.3, 0.4) is 0 Å². The monoisotopic (exact) mass is 400 g/mol. The highest BCUT2D eigenvalue weighted by molar-refractivity contribution is 7.22. The van der Waals surface area contributed by atoms with E-state index in [9.17, 15) is 9.18 Å². The molecule has 0 unspecified atom stereocenters. The normalized spacial score (nSPS) is 16.1. The Labute approximate surface area is 166 Å². The van der Waals surface area contributed by atoms with Gasteiger partial charge < -0.3 is 14.8 Å². The highest BCUT2D eigenvalue weighted by atomic mass is 32.1. The van der Waals surface area contributed by atoms with E-state index in [1.165, 1.54) is 23.5 Å². The summed E-state index contributed by atoms with van der Waals surface area (Å²) >= 11 is 1.40. The molecule has 1 aliphatic rings. The first-order chi connectivity index (χ1) is 13.6. The fraction of sp³-hybridized carbons (Fsp3) is 0.333. The molecule has 3 aromatic rings. The molecule has 1 amide bonds. The van der Waals surface area contributed by atoms with Gasteiger partial charge in [0.1, 0.15) is 11.6 Å². The molecule has 0 atom stereocenters. The molecular formula is C21H21FN2O3S. The zero-order valence-corrected chi connectivity index (χ0v) is 16.4. The lowest BCUT2D eigenvalue weighted by atomic mass is 9.73. The minimum absolute atomic E-state index is 0.175. The summed E-state index contributed by atoms with van der Waals surface area (Å²) in [6, 6.07) is 11.9. The van der Waals surface area contributed by atoms with E-state index in [-0.39, 0.29) is 11.7 Å². The van der Waals surface area contributed by atoms with Crippen molar-refractivity contribution in [3.8, 4) is 5.75 Å². The van der Waals surface area contributed by atoms with Crippen molar-refractivity contribution in [3.63, 3.8) is 0 Å². The number of benzene rings is 2.